The van der Waals surface area contributed by atoms with Crippen molar-refractivity contribution < 1.29 is 23.9 Å². The van der Waals surface area contributed by atoms with E-state index in [2.05, 4.69) is 4.74 Å². The van der Waals surface area contributed by atoms with Gasteiger partial charge in [-0.25, -0.2) is 4.79 Å². The monoisotopic (exact) mass is 327 g/mol. The normalized spacial score (nSPS) is 20.1. The number of carbonyl (C=O) groups is 3. The van der Waals surface area contributed by atoms with Crippen LogP contribution in [0.5, 0.6) is 0 Å². The van der Waals surface area contributed by atoms with Crippen LogP contribution < -0.4 is 0 Å². The second-order valence-corrected chi connectivity index (χ2v) is 6.94. The van der Waals surface area contributed by atoms with Crippen LogP contribution >= 0.6 is 0 Å². The Morgan fingerprint density at radius 2 is 1.91 bits per heavy atom. The van der Waals surface area contributed by atoms with Gasteiger partial charge in [-0.05, 0) is 46.6 Å². The molecule has 0 aromatic heterocycles. The van der Waals surface area contributed by atoms with Gasteiger partial charge < -0.3 is 9.47 Å². The van der Waals surface area contributed by atoms with E-state index in [1.807, 2.05) is 32.6 Å². The number of rotatable bonds is 7. The molecule has 1 fully saturated rings. The quantitative estimate of drug-likeness (QED) is 0.527. The van der Waals surface area contributed by atoms with Crippen LogP contribution in [0.3, 0.4) is 0 Å². The summed E-state index contributed by atoms with van der Waals surface area (Å²) in [5, 5.41) is 0. The fourth-order valence-corrected chi connectivity index (χ4v) is 2.87. The topological polar surface area (TPSA) is 72.9 Å². The zero-order valence-electron chi connectivity index (χ0n) is 14.9. The van der Waals surface area contributed by atoms with Crippen molar-refractivity contribution in [2.75, 3.05) is 13.7 Å². The van der Waals surface area contributed by atoms with Gasteiger partial charge in [-0.1, -0.05) is 19.8 Å². The molecule has 0 saturated carbocycles. The molecule has 0 N–H and O–H groups in total. The number of ether oxygens (including phenoxy) is 2. The van der Waals surface area contributed by atoms with Crippen LogP contribution in [0.1, 0.15) is 59.8 Å². The highest BCUT2D eigenvalue weighted by Gasteiger charge is 2.41. The van der Waals surface area contributed by atoms with Gasteiger partial charge in [0.2, 0.25) is 0 Å². The van der Waals surface area contributed by atoms with Gasteiger partial charge in [-0.15, -0.1) is 0 Å². The van der Waals surface area contributed by atoms with Crippen molar-refractivity contribution in [1.82, 2.24) is 4.90 Å². The van der Waals surface area contributed by atoms with Crippen molar-refractivity contribution in [2.45, 2.75) is 77.5 Å². The van der Waals surface area contributed by atoms with E-state index in [1.165, 1.54) is 7.11 Å². The Kier molecular flexibility index (Phi) is 7.19. The van der Waals surface area contributed by atoms with E-state index in [9.17, 15) is 14.4 Å². The molecule has 1 heterocycles. The van der Waals surface area contributed by atoms with Gasteiger partial charge in [0.05, 0.1) is 13.2 Å². The van der Waals surface area contributed by atoms with Gasteiger partial charge in [0.1, 0.15) is 11.6 Å². The number of hydrogen-bond donors (Lipinski definition) is 0. The number of Topliss-reactive ketones (excluding diaryl/α,β-unsaturated/α-hetero) is 1. The molecular formula is C17H29NO5. The summed E-state index contributed by atoms with van der Waals surface area (Å²) in [6.07, 6.45) is 3.72. The van der Waals surface area contributed by atoms with E-state index < -0.39 is 29.4 Å². The lowest BCUT2D eigenvalue weighted by Gasteiger charge is -2.32. The largest absolute Gasteiger partial charge is 0.463 e. The molecule has 132 valence electrons. The Morgan fingerprint density at radius 1 is 1.26 bits per heavy atom. The summed E-state index contributed by atoms with van der Waals surface area (Å²) in [6, 6.07) is -1.08. The van der Waals surface area contributed by atoms with Gasteiger partial charge in [0.25, 0.3) is 5.78 Å². The van der Waals surface area contributed by atoms with Crippen molar-refractivity contribution in [3.8, 4) is 0 Å². The number of unbranched alkanes of at least 4 members (excludes halogenated alkanes) is 1. The smallest absolute Gasteiger partial charge is 0.376 e. The molecule has 0 amide bonds. The zero-order chi connectivity index (χ0) is 17.6. The number of likely N-dealkylation sites (tertiary alicyclic amines) is 1. The van der Waals surface area contributed by atoms with E-state index in [0.29, 0.717) is 19.4 Å². The number of nitrogens with zero attached hydrogens (tertiary/aromatic N) is 1. The molecule has 0 aliphatic carbocycles. The number of esters is 2. The molecule has 0 aromatic carbocycles. The van der Waals surface area contributed by atoms with Crippen molar-refractivity contribution in [2.24, 2.45) is 0 Å². The second-order valence-electron chi connectivity index (χ2n) is 6.94. The summed E-state index contributed by atoms with van der Waals surface area (Å²) in [6.45, 7) is 8.09. The molecule has 1 unspecified atom stereocenters. The highest BCUT2D eigenvalue weighted by molar-refractivity contribution is 6.35. The lowest BCUT2D eigenvalue weighted by molar-refractivity contribution is -0.163. The minimum Gasteiger partial charge on any atom is -0.463 e. The minimum atomic E-state index is -0.846. The molecule has 0 radical (unpaired) electrons. The molecule has 1 aliphatic heterocycles. The van der Waals surface area contributed by atoms with Crippen molar-refractivity contribution in [3.05, 3.63) is 0 Å². The highest BCUT2D eigenvalue weighted by atomic mass is 16.6. The molecule has 6 nitrogen and oxygen atoms in total. The van der Waals surface area contributed by atoms with Gasteiger partial charge in [0.15, 0.2) is 0 Å². The summed E-state index contributed by atoms with van der Waals surface area (Å²) in [7, 11) is 1.20. The van der Waals surface area contributed by atoms with E-state index in [1.54, 1.807) is 0 Å². The first kappa shape index (κ1) is 19.6. The van der Waals surface area contributed by atoms with Gasteiger partial charge >= 0.3 is 11.9 Å². The second kappa shape index (κ2) is 8.43. The Bertz CT molecular complexity index is 441. The molecule has 0 aromatic rings. The lowest BCUT2D eigenvalue weighted by Crippen LogP contribution is -2.50. The van der Waals surface area contributed by atoms with Crippen LogP contribution in [-0.2, 0) is 23.9 Å². The maximum absolute atomic E-state index is 12.4. The first-order valence-electron chi connectivity index (χ1n) is 8.32. The zero-order valence-corrected chi connectivity index (χ0v) is 14.9. The molecule has 6 heteroatoms. The fourth-order valence-electron chi connectivity index (χ4n) is 2.87. The maximum Gasteiger partial charge on any atom is 0.376 e. The molecule has 0 spiro atoms. The third-order valence-electron chi connectivity index (χ3n) is 3.89. The fraction of sp³-hybridized carbons (Fsp3) is 0.824. The van der Waals surface area contributed by atoms with E-state index in [0.717, 1.165) is 19.3 Å². The summed E-state index contributed by atoms with van der Waals surface area (Å²) in [5.41, 5.74) is -0.573. The first-order valence-corrected chi connectivity index (χ1v) is 8.32. The Morgan fingerprint density at radius 3 is 2.43 bits per heavy atom. The molecule has 1 rings (SSSR count). The lowest BCUT2D eigenvalue weighted by atomic mass is 10.0. The van der Waals surface area contributed by atoms with E-state index in [-0.39, 0.29) is 5.97 Å². The number of hydrogen-bond acceptors (Lipinski definition) is 6. The molecule has 1 aliphatic rings. The van der Waals surface area contributed by atoms with Crippen LogP contribution in [0.2, 0.25) is 0 Å². The molecule has 0 bridgehead atoms. The third kappa shape index (κ3) is 5.61. The van der Waals surface area contributed by atoms with E-state index >= 15 is 0 Å². The molecule has 1 saturated heterocycles. The van der Waals surface area contributed by atoms with Crippen LogP contribution in [0, 0.1) is 0 Å². The number of ketones is 1. The Labute approximate surface area is 138 Å². The predicted molar refractivity (Wildman–Crippen MR) is 85.9 cm³/mol. The predicted octanol–water partition coefficient (Wildman–Crippen LogP) is 2.09. The van der Waals surface area contributed by atoms with Gasteiger partial charge in [0, 0.05) is 0 Å². The Balaban J connectivity index is 2.92. The SMILES string of the molecule is CCCCC(C(=O)C(=O)OC)N1CCC[C@H]1C(=O)OC(C)(C)C. The van der Waals surface area contributed by atoms with E-state index in [4.69, 9.17) is 4.74 Å². The van der Waals surface area contributed by atoms with Gasteiger partial charge in [-0.2, -0.15) is 0 Å². The standard InChI is InChI=1S/C17H29NO5/c1-6-7-9-12(14(19)16(21)22-5)18-11-8-10-13(18)15(20)23-17(2,3)4/h12-13H,6-11H2,1-5H3/t12?,13-/m0/s1. The van der Waals surface area contributed by atoms with Crippen LogP contribution in [0.4, 0.5) is 0 Å². The molecule has 23 heavy (non-hydrogen) atoms. The minimum absolute atomic E-state index is 0.325. The third-order valence-corrected chi connectivity index (χ3v) is 3.89. The van der Waals surface area contributed by atoms with Gasteiger partial charge in [-0.3, -0.25) is 14.5 Å². The van der Waals surface area contributed by atoms with Crippen molar-refractivity contribution in [3.63, 3.8) is 0 Å². The Hall–Kier alpha value is -1.43. The summed E-state index contributed by atoms with van der Waals surface area (Å²) < 4.78 is 10.0. The first-order chi connectivity index (χ1) is 10.7. The summed E-state index contributed by atoms with van der Waals surface area (Å²) in [4.78, 5) is 38.3. The van der Waals surface area contributed by atoms with Crippen LogP contribution in [-0.4, -0.2) is 54.0 Å². The number of methoxy groups -OCH3 is 1. The molecule has 2 atom stereocenters. The summed E-state index contributed by atoms with van der Waals surface area (Å²) in [5.74, 6) is -1.74. The average molecular weight is 327 g/mol. The maximum atomic E-state index is 12.4. The van der Waals surface area contributed by atoms with Crippen molar-refractivity contribution >= 4 is 17.7 Å². The number of carbonyl (C=O) groups excluding carboxylic acids is 3. The highest BCUT2D eigenvalue weighted by Crippen LogP contribution is 2.26. The summed E-state index contributed by atoms with van der Waals surface area (Å²) >= 11 is 0. The van der Waals surface area contributed by atoms with Crippen LogP contribution in [0.25, 0.3) is 0 Å². The molecular weight excluding hydrogens is 298 g/mol. The average Bonchev–Trinajstić information content (AvgIpc) is 2.94. The van der Waals surface area contributed by atoms with Crippen molar-refractivity contribution in [1.29, 1.82) is 0 Å². The van der Waals surface area contributed by atoms with Crippen LogP contribution in [0.15, 0.2) is 0 Å².